The fourth-order valence-corrected chi connectivity index (χ4v) is 2.38. The maximum Gasteiger partial charge on any atom is 0.111 e. The van der Waals surface area contributed by atoms with Crippen LogP contribution in [-0.2, 0) is 17.1 Å². The van der Waals surface area contributed by atoms with Crippen LogP contribution in [0, 0.1) is 0 Å². The van der Waals surface area contributed by atoms with Gasteiger partial charge in [-0.3, -0.25) is 0 Å². The van der Waals surface area contributed by atoms with E-state index in [1.165, 1.54) is 0 Å². The van der Waals surface area contributed by atoms with Gasteiger partial charge in [-0.1, -0.05) is 26.1 Å². The van der Waals surface area contributed by atoms with Gasteiger partial charge >= 0.3 is 0 Å². The topological polar surface area (TPSA) is 26.0 Å². The second-order valence-electron chi connectivity index (χ2n) is 1.51. The molecule has 0 rings (SSSR count). The summed E-state index contributed by atoms with van der Waals surface area (Å²) in [6, 6.07) is 0. The third-order valence-electron chi connectivity index (χ3n) is 1.08. The van der Waals surface area contributed by atoms with Crippen molar-refractivity contribution >= 4 is 27.4 Å². The molecular weight excluding hydrogens is 194 g/mol. The molecule has 0 bridgehead atoms. The van der Waals surface area contributed by atoms with E-state index in [4.69, 9.17) is 18.0 Å². The summed E-state index contributed by atoms with van der Waals surface area (Å²) in [5, 5.41) is 0. The molecule has 0 aromatic heterocycles. The van der Waals surface area contributed by atoms with Crippen LogP contribution in [-0.4, -0.2) is 15.8 Å². The van der Waals surface area contributed by atoms with E-state index in [-0.39, 0.29) is 28.0 Å². The van der Waals surface area contributed by atoms with Crippen LogP contribution in [0.3, 0.4) is 0 Å². The SMILES string of the molecule is CC[SH](CC)C(N)=S.[Fe]. The van der Waals surface area contributed by atoms with E-state index in [1.54, 1.807) is 0 Å². The summed E-state index contributed by atoms with van der Waals surface area (Å²) in [6.07, 6.45) is 0. The predicted octanol–water partition coefficient (Wildman–Crippen LogP) is 1.27. The summed E-state index contributed by atoms with van der Waals surface area (Å²) in [5.74, 6) is 2.28. The molecule has 0 heterocycles. The third kappa shape index (κ3) is 5.22. The first-order valence-corrected chi connectivity index (χ1v) is 4.88. The summed E-state index contributed by atoms with van der Waals surface area (Å²) >= 11 is 4.82. The summed E-state index contributed by atoms with van der Waals surface area (Å²) in [5.41, 5.74) is 5.42. The maximum absolute atomic E-state index is 5.42. The Morgan fingerprint density at radius 2 is 1.78 bits per heavy atom. The van der Waals surface area contributed by atoms with Crippen molar-refractivity contribution in [1.29, 1.82) is 0 Å². The molecule has 0 fully saturated rings. The molecule has 58 valence electrons. The summed E-state index contributed by atoms with van der Waals surface area (Å²) < 4.78 is 0.727. The Labute approximate surface area is 75.6 Å². The maximum atomic E-state index is 5.42. The summed E-state index contributed by atoms with van der Waals surface area (Å²) in [7, 11) is -0.106. The molecule has 0 atom stereocenters. The number of hydrogen-bond donors (Lipinski definition) is 2. The Hall–Kier alpha value is 0.759. The van der Waals surface area contributed by atoms with Crippen molar-refractivity contribution in [2.24, 2.45) is 5.73 Å². The van der Waals surface area contributed by atoms with Crippen molar-refractivity contribution < 1.29 is 17.1 Å². The van der Waals surface area contributed by atoms with Crippen LogP contribution in [0.5, 0.6) is 0 Å². The monoisotopic (exact) mass is 207 g/mol. The van der Waals surface area contributed by atoms with E-state index in [0.29, 0.717) is 0 Å². The van der Waals surface area contributed by atoms with Crippen LogP contribution in [0.4, 0.5) is 0 Å². The molecule has 0 radical (unpaired) electrons. The molecule has 1 nitrogen and oxygen atoms in total. The van der Waals surface area contributed by atoms with Gasteiger partial charge in [0, 0.05) is 17.1 Å². The van der Waals surface area contributed by atoms with Gasteiger partial charge in [0.15, 0.2) is 0 Å². The average molecular weight is 207 g/mol. The first-order chi connectivity index (χ1) is 3.72. The minimum absolute atomic E-state index is 0. The first-order valence-electron chi connectivity index (χ1n) is 2.76. The van der Waals surface area contributed by atoms with Crippen molar-refractivity contribution in [2.75, 3.05) is 11.5 Å². The normalized spacial score (nSPS) is 9.78. The van der Waals surface area contributed by atoms with Crippen LogP contribution in [0.15, 0.2) is 0 Å². The van der Waals surface area contributed by atoms with Crippen LogP contribution < -0.4 is 5.73 Å². The minimum Gasteiger partial charge on any atom is -0.386 e. The standard InChI is InChI=1S/C5H13NS2.Fe/c1-3-8(4-2)5(6)7;/h8H,3-4H2,1-2H3,(H2,6,7);. The van der Waals surface area contributed by atoms with Crippen molar-refractivity contribution in [2.45, 2.75) is 13.8 Å². The number of thiocarbonyl (C=S) groups is 1. The molecule has 0 aromatic carbocycles. The van der Waals surface area contributed by atoms with Gasteiger partial charge in [0.2, 0.25) is 0 Å². The molecule has 4 heteroatoms. The van der Waals surface area contributed by atoms with Crippen LogP contribution in [0.2, 0.25) is 0 Å². The molecule has 0 amide bonds. The Bertz CT molecular complexity index is 83.0. The van der Waals surface area contributed by atoms with Crippen molar-refractivity contribution in [1.82, 2.24) is 0 Å². The minimum atomic E-state index is -0.106. The van der Waals surface area contributed by atoms with Crippen LogP contribution >= 0.6 is 23.1 Å². The van der Waals surface area contributed by atoms with E-state index in [9.17, 15) is 0 Å². The zero-order valence-corrected chi connectivity index (χ0v) is 8.52. The van der Waals surface area contributed by atoms with Crippen molar-refractivity contribution in [3.8, 4) is 0 Å². The number of thiol groups is 1. The largest absolute Gasteiger partial charge is 0.386 e. The van der Waals surface area contributed by atoms with Gasteiger partial charge in [-0.25, -0.2) is 10.9 Å². The number of hydrogen-bond acceptors (Lipinski definition) is 1. The molecule has 0 aromatic rings. The second-order valence-corrected chi connectivity index (χ2v) is 5.08. The van der Waals surface area contributed by atoms with Gasteiger partial charge in [0.25, 0.3) is 0 Å². The summed E-state index contributed by atoms with van der Waals surface area (Å²) in [4.78, 5) is 0. The molecule has 0 aliphatic carbocycles. The molecule has 0 saturated heterocycles. The number of rotatable bonds is 2. The third-order valence-corrected chi connectivity index (χ3v) is 4.00. The Kier molecular flexibility index (Phi) is 9.50. The van der Waals surface area contributed by atoms with Crippen molar-refractivity contribution in [3.05, 3.63) is 0 Å². The molecule has 0 saturated carbocycles. The molecule has 0 aliphatic rings. The average Bonchev–Trinajstić information content (AvgIpc) is 1.69. The molecule has 0 unspecified atom stereocenters. The fourth-order valence-electron chi connectivity index (χ4n) is 0.535. The predicted molar refractivity (Wildman–Crippen MR) is 46.9 cm³/mol. The van der Waals surface area contributed by atoms with E-state index >= 15 is 0 Å². The molecule has 9 heavy (non-hydrogen) atoms. The van der Waals surface area contributed by atoms with Gasteiger partial charge < -0.3 is 5.73 Å². The smallest absolute Gasteiger partial charge is 0.111 e. The van der Waals surface area contributed by atoms with E-state index in [0.717, 1.165) is 15.8 Å². The summed E-state index contributed by atoms with van der Waals surface area (Å²) in [6.45, 7) is 4.27. The fraction of sp³-hybridized carbons (Fsp3) is 0.800. The first kappa shape index (κ1) is 12.4. The Morgan fingerprint density at radius 3 is 1.78 bits per heavy atom. The second kappa shape index (κ2) is 6.87. The van der Waals surface area contributed by atoms with Crippen molar-refractivity contribution in [3.63, 3.8) is 0 Å². The zero-order valence-electron chi connectivity index (χ0n) is 5.70. The van der Waals surface area contributed by atoms with Gasteiger partial charge in [-0.05, 0) is 11.5 Å². The van der Waals surface area contributed by atoms with Gasteiger partial charge in [0.05, 0.1) is 0 Å². The van der Waals surface area contributed by atoms with E-state index in [1.807, 2.05) is 0 Å². The molecule has 2 N–H and O–H groups in total. The molecule has 0 aliphatic heterocycles. The van der Waals surface area contributed by atoms with E-state index < -0.39 is 0 Å². The van der Waals surface area contributed by atoms with Crippen LogP contribution in [0.1, 0.15) is 13.8 Å². The molecule has 0 spiro atoms. The quantitative estimate of drug-likeness (QED) is 0.405. The Morgan fingerprint density at radius 1 is 1.44 bits per heavy atom. The number of nitrogens with two attached hydrogens (primary N) is 1. The Balaban J connectivity index is 0. The zero-order chi connectivity index (χ0) is 6.57. The van der Waals surface area contributed by atoms with Gasteiger partial charge in [0.1, 0.15) is 4.32 Å². The molecular formula is C5H13FeNS2. The van der Waals surface area contributed by atoms with Crippen LogP contribution in [0.25, 0.3) is 0 Å². The van der Waals surface area contributed by atoms with E-state index in [2.05, 4.69) is 13.8 Å². The van der Waals surface area contributed by atoms with Gasteiger partial charge in [-0.15, -0.1) is 0 Å². The van der Waals surface area contributed by atoms with Gasteiger partial charge in [-0.2, -0.15) is 0 Å².